The minimum atomic E-state index is -3.76. The van der Waals surface area contributed by atoms with Crippen molar-refractivity contribution in [1.29, 1.82) is 0 Å². The van der Waals surface area contributed by atoms with E-state index in [4.69, 9.17) is 4.74 Å². The zero-order valence-electron chi connectivity index (χ0n) is 16.9. The van der Waals surface area contributed by atoms with E-state index in [1.165, 1.54) is 11.4 Å². The second kappa shape index (κ2) is 8.79. The van der Waals surface area contributed by atoms with Gasteiger partial charge in [0.2, 0.25) is 10.0 Å². The quantitative estimate of drug-likeness (QED) is 0.593. The van der Waals surface area contributed by atoms with Gasteiger partial charge in [-0.05, 0) is 35.4 Å². The Balaban J connectivity index is 1.73. The van der Waals surface area contributed by atoms with E-state index in [0.717, 1.165) is 5.56 Å². The number of fused-ring (bicyclic) bond motifs is 1. The SMILES string of the molecule is COC(=O)COc1cccc([C@H]2Nc3ccccc3S(=O)(=O)N2Cc2ccccc2)c1. The van der Waals surface area contributed by atoms with Crippen LogP contribution in [0.2, 0.25) is 0 Å². The van der Waals surface area contributed by atoms with Crippen LogP contribution >= 0.6 is 0 Å². The van der Waals surface area contributed by atoms with Crippen LogP contribution in [0.5, 0.6) is 5.75 Å². The first-order valence-electron chi connectivity index (χ1n) is 9.70. The minimum absolute atomic E-state index is 0.197. The van der Waals surface area contributed by atoms with Crippen LogP contribution < -0.4 is 10.1 Å². The maximum atomic E-state index is 13.5. The van der Waals surface area contributed by atoms with Gasteiger partial charge in [0.1, 0.15) is 16.8 Å². The van der Waals surface area contributed by atoms with Crippen molar-refractivity contribution in [3.05, 3.63) is 90.0 Å². The molecule has 31 heavy (non-hydrogen) atoms. The fraction of sp³-hybridized carbons (Fsp3) is 0.174. The molecule has 160 valence electrons. The first-order valence-corrected chi connectivity index (χ1v) is 11.1. The lowest BCUT2D eigenvalue weighted by molar-refractivity contribution is -0.142. The van der Waals surface area contributed by atoms with Crippen LogP contribution in [0.25, 0.3) is 0 Å². The molecule has 0 aliphatic carbocycles. The molecule has 0 bridgehead atoms. The van der Waals surface area contributed by atoms with Gasteiger partial charge in [0.25, 0.3) is 0 Å². The molecular formula is C23H22N2O5S. The van der Waals surface area contributed by atoms with Crippen molar-refractivity contribution in [2.75, 3.05) is 19.0 Å². The third-order valence-electron chi connectivity index (χ3n) is 4.99. The highest BCUT2D eigenvalue weighted by molar-refractivity contribution is 7.89. The van der Waals surface area contributed by atoms with Crippen LogP contribution in [0.3, 0.4) is 0 Å². The molecule has 0 fully saturated rings. The second-order valence-corrected chi connectivity index (χ2v) is 8.88. The zero-order chi connectivity index (χ0) is 21.8. The van der Waals surface area contributed by atoms with E-state index in [0.29, 0.717) is 17.0 Å². The van der Waals surface area contributed by atoms with Gasteiger partial charge in [-0.3, -0.25) is 0 Å². The van der Waals surface area contributed by atoms with E-state index < -0.39 is 22.2 Å². The predicted molar refractivity (Wildman–Crippen MR) is 116 cm³/mol. The maximum absolute atomic E-state index is 13.5. The number of nitrogens with one attached hydrogen (secondary N) is 1. The van der Waals surface area contributed by atoms with Gasteiger partial charge in [0, 0.05) is 6.54 Å². The van der Waals surface area contributed by atoms with Crippen LogP contribution in [0.1, 0.15) is 17.3 Å². The van der Waals surface area contributed by atoms with Crippen molar-refractivity contribution in [3.8, 4) is 5.75 Å². The van der Waals surface area contributed by atoms with Crippen LogP contribution in [-0.2, 0) is 26.1 Å². The molecule has 0 unspecified atom stereocenters. The normalized spacial score (nSPS) is 17.3. The van der Waals surface area contributed by atoms with Crippen molar-refractivity contribution < 1.29 is 22.7 Å². The second-order valence-electron chi connectivity index (χ2n) is 7.02. The number of carbonyl (C=O) groups excluding carboxylic acids is 1. The molecule has 8 heteroatoms. The predicted octanol–water partition coefficient (Wildman–Crippen LogP) is 3.55. The highest BCUT2D eigenvalue weighted by atomic mass is 32.2. The first kappa shape index (κ1) is 20.9. The molecule has 0 saturated heterocycles. The van der Waals surface area contributed by atoms with Crippen molar-refractivity contribution >= 4 is 21.7 Å². The Kier molecular flexibility index (Phi) is 5.92. The topological polar surface area (TPSA) is 84.9 Å². The highest BCUT2D eigenvalue weighted by Gasteiger charge is 2.38. The Morgan fingerprint density at radius 1 is 1.00 bits per heavy atom. The van der Waals surface area contributed by atoms with Crippen LogP contribution in [-0.4, -0.2) is 32.4 Å². The van der Waals surface area contributed by atoms with Crippen LogP contribution in [0.4, 0.5) is 5.69 Å². The van der Waals surface area contributed by atoms with Crippen molar-refractivity contribution in [2.24, 2.45) is 0 Å². The number of ether oxygens (including phenoxy) is 2. The average molecular weight is 439 g/mol. The van der Waals surface area contributed by atoms with Gasteiger partial charge in [-0.1, -0.05) is 54.6 Å². The van der Waals surface area contributed by atoms with E-state index in [2.05, 4.69) is 10.1 Å². The van der Waals surface area contributed by atoms with Gasteiger partial charge >= 0.3 is 5.97 Å². The molecule has 1 aliphatic rings. The summed E-state index contributed by atoms with van der Waals surface area (Å²) >= 11 is 0. The lowest BCUT2D eigenvalue weighted by Crippen LogP contribution is -2.42. The summed E-state index contributed by atoms with van der Waals surface area (Å²) < 4.78 is 38.6. The summed E-state index contributed by atoms with van der Waals surface area (Å²) in [5.41, 5.74) is 2.10. The number of hydrogen-bond acceptors (Lipinski definition) is 6. The van der Waals surface area contributed by atoms with Gasteiger partial charge < -0.3 is 14.8 Å². The molecule has 0 saturated carbocycles. The number of anilines is 1. The van der Waals surface area contributed by atoms with Crippen molar-refractivity contribution in [3.63, 3.8) is 0 Å². The molecule has 1 heterocycles. The fourth-order valence-electron chi connectivity index (χ4n) is 3.46. The molecule has 3 aromatic carbocycles. The summed E-state index contributed by atoms with van der Waals surface area (Å²) in [6.45, 7) is -0.0324. The standard InChI is InChI=1S/C23H22N2O5S/c1-29-22(26)16-30-19-11-7-10-18(14-19)23-24-20-12-5-6-13-21(20)31(27,28)25(23)15-17-8-3-2-4-9-17/h2-14,23-24H,15-16H2,1H3/t23-/m0/s1. The molecule has 7 nitrogen and oxygen atoms in total. The summed E-state index contributed by atoms with van der Waals surface area (Å²) in [6, 6.07) is 23.3. The maximum Gasteiger partial charge on any atom is 0.343 e. The van der Waals surface area contributed by atoms with E-state index in [1.54, 1.807) is 42.5 Å². The van der Waals surface area contributed by atoms with Gasteiger partial charge in [-0.25, -0.2) is 13.2 Å². The molecule has 0 amide bonds. The van der Waals surface area contributed by atoms with E-state index in [-0.39, 0.29) is 18.0 Å². The van der Waals surface area contributed by atoms with E-state index >= 15 is 0 Å². The number of methoxy groups -OCH3 is 1. The molecule has 4 rings (SSSR count). The Labute approximate surface area is 181 Å². The first-order chi connectivity index (χ1) is 15.0. The summed E-state index contributed by atoms with van der Waals surface area (Å²) in [7, 11) is -2.48. The lowest BCUT2D eigenvalue weighted by Gasteiger charge is -2.37. The smallest absolute Gasteiger partial charge is 0.343 e. The van der Waals surface area contributed by atoms with Gasteiger partial charge in [0.05, 0.1) is 12.8 Å². The largest absolute Gasteiger partial charge is 0.482 e. The Morgan fingerprint density at radius 2 is 1.74 bits per heavy atom. The minimum Gasteiger partial charge on any atom is -0.482 e. The average Bonchev–Trinajstić information content (AvgIpc) is 2.80. The lowest BCUT2D eigenvalue weighted by atomic mass is 10.1. The number of rotatable bonds is 6. The molecule has 0 radical (unpaired) electrons. The number of hydrogen-bond donors (Lipinski definition) is 1. The summed E-state index contributed by atoms with van der Waals surface area (Å²) in [5.74, 6) is -0.0518. The Bertz CT molecular complexity index is 1180. The summed E-state index contributed by atoms with van der Waals surface area (Å²) in [5, 5.41) is 3.34. The third kappa shape index (κ3) is 4.40. The fourth-order valence-corrected chi connectivity index (χ4v) is 5.14. The molecular weight excluding hydrogens is 416 g/mol. The van der Waals surface area contributed by atoms with Crippen LogP contribution in [0.15, 0.2) is 83.8 Å². The van der Waals surface area contributed by atoms with Crippen molar-refractivity contribution in [1.82, 2.24) is 4.31 Å². The van der Waals surface area contributed by atoms with Gasteiger partial charge in [0.15, 0.2) is 6.61 Å². The van der Waals surface area contributed by atoms with Gasteiger partial charge in [-0.15, -0.1) is 0 Å². The van der Waals surface area contributed by atoms with Crippen LogP contribution in [0, 0.1) is 0 Å². The summed E-state index contributed by atoms with van der Waals surface area (Å²) in [6.07, 6.45) is -0.651. The molecule has 0 spiro atoms. The Hall–Kier alpha value is -3.36. The number of esters is 1. The molecule has 3 aromatic rings. The number of sulfonamides is 1. The number of para-hydroxylation sites is 1. The molecule has 1 aliphatic heterocycles. The monoisotopic (exact) mass is 438 g/mol. The molecule has 0 aromatic heterocycles. The Morgan fingerprint density at radius 3 is 2.52 bits per heavy atom. The molecule has 1 atom stereocenters. The number of nitrogens with zero attached hydrogens (tertiary/aromatic N) is 1. The molecule has 1 N–H and O–H groups in total. The summed E-state index contributed by atoms with van der Waals surface area (Å²) in [4.78, 5) is 11.6. The van der Waals surface area contributed by atoms with Gasteiger partial charge in [-0.2, -0.15) is 4.31 Å². The number of benzene rings is 3. The van der Waals surface area contributed by atoms with E-state index in [9.17, 15) is 13.2 Å². The third-order valence-corrected chi connectivity index (χ3v) is 6.86. The zero-order valence-corrected chi connectivity index (χ0v) is 17.7. The van der Waals surface area contributed by atoms with Crippen molar-refractivity contribution in [2.45, 2.75) is 17.6 Å². The van der Waals surface area contributed by atoms with E-state index in [1.807, 2.05) is 36.4 Å². The number of carbonyl (C=O) groups is 1. The highest BCUT2D eigenvalue weighted by Crippen LogP contribution is 2.39.